The Labute approximate surface area is 237 Å². The lowest BCUT2D eigenvalue weighted by molar-refractivity contribution is 0.0103. The van der Waals surface area contributed by atoms with Crippen LogP contribution in [0.25, 0.3) is 10.2 Å². The second-order valence-electron chi connectivity index (χ2n) is 9.46. The zero-order valence-corrected chi connectivity index (χ0v) is 22.8. The molecule has 2 aliphatic rings. The summed E-state index contributed by atoms with van der Waals surface area (Å²) in [5, 5.41) is 15.3. The summed E-state index contributed by atoms with van der Waals surface area (Å²) in [6, 6.07) is 10.8. The summed E-state index contributed by atoms with van der Waals surface area (Å²) in [4.78, 5) is 38.2. The fraction of sp³-hybridized carbons (Fsp3) is 0.250. The van der Waals surface area contributed by atoms with E-state index < -0.39 is 17.6 Å². The first kappa shape index (κ1) is 26.4. The second-order valence-corrected chi connectivity index (χ2v) is 10.4. The van der Waals surface area contributed by atoms with E-state index in [1.54, 1.807) is 12.1 Å². The van der Waals surface area contributed by atoms with Gasteiger partial charge in [0.05, 0.1) is 72.7 Å². The maximum Gasteiger partial charge on any atom is 0.261 e. The Morgan fingerprint density at radius 2 is 1.93 bits per heavy atom. The molecular weight excluding hydrogens is 551 g/mol. The van der Waals surface area contributed by atoms with Crippen LogP contribution in [-0.4, -0.2) is 61.3 Å². The number of nitrogens with one attached hydrogen (secondary N) is 2. The Morgan fingerprint density at radius 3 is 2.63 bits per heavy atom. The number of nitrogens with zero attached hydrogens (tertiary/aromatic N) is 4. The van der Waals surface area contributed by atoms with Crippen LogP contribution >= 0.6 is 11.3 Å². The van der Waals surface area contributed by atoms with E-state index in [0.717, 1.165) is 17.6 Å². The number of thiazole rings is 1. The first-order valence-corrected chi connectivity index (χ1v) is 13.4. The van der Waals surface area contributed by atoms with Gasteiger partial charge in [-0.2, -0.15) is 5.26 Å². The number of pyridine rings is 1. The van der Waals surface area contributed by atoms with Gasteiger partial charge in [0.15, 0.2) is 5.13 Å². The molecule has 208 valence electrons. The van der Waals surface area contributed by atoms with E-state index >= 15 is 0 Å². The smallest absolute Gasteiger partial charge is 0.261 e. The van der Waals surface area contributed by atoms with E-state index in [4.69, 9.17) is 24.5 Å². The van der Waals surface area contributed by atoms with Gasteiger partial charge in [-0.25, -0.2) is 14.4 Å². The Bertz CT molecular complexity index is 1720. The van der Waals surface area contributed by atoms with Crippen molar-refractivity contribution in [3.8, 4) is 17.7 Å². The van der Waals surface area contributed by atoms with Crippen LogP contribution in [0.1, 0.15) is 32.7 Å². The summed E-state index contributed by atoms with van der Waals surface area (Å²) in [5.41, 5.74) is 1.05. The highest BCUT2D eigenvalue weighted by Gasteiger charge is 2.44. The fourth-order valence-electron chi connectivity index (χ4n) is 5.02. The van der Waals surface area contributed by atoms with Crippen LogP contribution in [0.15, 0.2) is 42.6 Å². The minimum Gasteiger partial charge on any atom is -0.496 e. The molecule has 2 N–H and O–H groups in total. The number of anilines is 3. The number of carbonyl (C=O) groups excluding carboxylic acids is 2. The average molecular weight is 575 g/mol. The molecule has 4 aromatic rings. The van der Waals surface area contributed by atoms with Gasteiger partial charge in [0.25, 0.3) is 11.8 Å². The van der Waals surface area contributed by atoms with Crippen molar-refractivity contribution in [2.75, 3.05) is 43.0 Å². The van der Waals surface area contributed by atoms with E-state index in [9.17, 15) is 14.0 Å². The SMILES string of the molecule is COc1cc(C(=O)Nc2ccc(F)c(C#N)c2)c(NC(=O)c2c(OC)ccc3nc(N4C5COCC4C5)sc23)cn1. The van der Waals surface area contributed by atoms with Crippen molar-refractivity contribution in [3.05, 3.63) is 65.1 Å². The molecule has 2 unspecified atom stereocenters. The predicted octanol–water partition coefficient (Wildman–Crippen LogP) is 4.20. The third-order valence-corrected chi connectivity index (χ3v) is 8.15. The Morgan fingerprint density at radius 1 is 1.12 bits per heavy atom. The predicted molar refractivity (Wildman–Crippen MR) is 149 cm³/mol. The number of nitriles is 1. The van der Waals surface area contributed by atoms with E-state index in [0.29, 0.717) is 29.2 Å². The molecule has 6 rings (SSSR count). The molecule has 4 heterocycles. The average Bonchev–Trinajstić information content (AvgIpc) is 3.40. The topological polar surface area (TPSA) is 139 Å². The molecule has 0 saturated carbocycles. The van der Waals surface area contributed by atoms with Gasteiger partial charge >= 0.3 is 0 Å². The molecular formula is C28H23FN6O5S. The van der Waals surface area contributed by atoms with Crippen molar-refractivity contribution < 1.29 is 28.2 Å². The zero-order chi connectivity index (χ0) is 28.7. The number of ether oxygens (including phenoxy) is 3. The lowest BCUT2D eigenvalue weighted by atomic mass is 9.92. The summed E-state index contributed by atoms with van der Waals surface area (Å²) in [6.45, 7) is 1.29. The first-order valence-electron chi connectivity index (χ1n) is 12.6. The third kappa shape index (κ3) is 4.77. The number of hydrogen-bond acceptors (Lipinski definition) is 10. The second kappa shape index (κ2) is 10.6. The van der Waals surface area contributed by atoms with Crippen LogP contribution in [0.2, 0.25) is 0 Å². The number of halogens is 1. The molecule has 41 heavy (non-hydrogen) atoms. The zero-order valence-electron chi connectivity index (χ0n) is 21.9. The van der Waals surface area contributed by atoms with Gasteiger partial charge in [-0.05, 0) is 36.8 Å². The van der Waals surface area contributed by atoms with Gasteiger partial charge in [0.2, 0.25) is 5.88 Å². The fourth-order valence-corrected chi connectivity index (χ4v) is 6.26. The Balaban J connectivity index is 1.33. The van der Waals surface area contributed by atoms with Crippen molar-refractivity contribution >= 4 is 49.9 Å². The Hall–Kier alpha value is -4.80. The van der Waals surface area contributed by atoms with E-state index in [1.165, 1.54) is 50.0 Å². The lowest BCUT2D eigenvalue weighted by Crippen LogP contribution is -2.64. The lowest BCUT2D eigenvalue weighted by Gasteiger charge is -2.52. The number of carbonyl (C=O) groups is 2. The summed E-state index contributed by atoms with van der Waals surface area (Å²) in [7, 11) is 2.87. The summed E-state index contributed by atoms with van der Waals surface area (Å²) in [5.74, 6) is -1.37. The van der Waals surface area contributed by atoms with Crippen LogP contribution in [0.5, 0.6) is 11.6 Å². The van der Waals surface area contributed by atoms with E-state index in [-0.39, 0.29) is 46.0 Å². The molecule has 2 fully saturated rings. The maximum absolute atomic E-state index is 13.8. The molecule has 11 nitrogen and oxygen atoms in total. The molecule has 2 bridgehead atoms. The largest absolute Gasteiger partial charge is 0.496 e. The summed E-state index contributed by atoms with van der Waals surface area (Å²) >= 11 is 1.40. The van der Waals surface area contributed by atoms with Crippen molar-refractivity contribution in [1.82, 2.24) is 9.97 Å². The number of amides is 2. The summed E-state index contributed by atoms with van der Waals surface area (Å²) < 4.78 is 30.7. The number of hydrogen-bond donors (Lipinski definition) is 2. The van der Waals surface area contributed by atoms with Gasteiger partial charge < -0.3 is 29.7 Å². The number of benzene rings is 2. The van der Waals surface area contributed by atoms with Crippen LogP contribution < -0.4 is 25.0 Å². The van der Waals surface area contributed by atoms with Crippen molar-refractivity contribution in [3.63, 3.8) is 0 Å². The molecule has 0 spiro atoms. The number of methoxy groups -OCH3 is 2. The standard InChI is InChI=1S/C28H23FN6O5S/c1-38-22-6-5-20-25(41-28(34-20)35-16-8-17(35)13-40-12-16)24(22)27(37)33-21-11-31-23(39-2)9-18(21)26(36)32-15-3-4-19(29)14(7-15)10-30/h3-7,9,11,16-17H,8,12-13H2,1-2H3,(H,32,36)(H,33,37). The number of morpholine rings is 1. The summed E-state index contributed by atoms with van der Waals surface area (Å²) in [6.07, 6.45) is 2.36. The number of fused-ring (bicyclic) bond motifs is 3. The highest BCUT2D eigenvalue weighted by atomic mass is 32.1. The molecule has 2 aromatic heterocycles. The van der Waals surface area contributed by atoms with Crippen LogP contribution in [0, 0.1) is 17.1 Å². The van der Waals surface area contributed by atoms with E-state index in [2.05, 4.69) is 20.5 Å². The molecule has 13 heteroatoms. The van der Waals surface area contributed by atoms with E-state index in [1.807, 2.05) is 6.07 Å². The van der Waals surface area contributed by atoms with Gasteiger partial charge in [0.1, 0.15) is 23.2 Å². The highest BCUT2D eigenvalue weighted by Crippen LogP contribution is 2.42. The number of aromatic nitrogens is 2. The molecule has 2 amide bonds. The van der Waals surface area contributed by atoms with Gasteiger partial charge in [0, 0.05) is 11.8 Å². The molecule has 2 aromatic carbocycles. The van der Waals surface area contributed by atoms with Crippen molar-refractivity contribution in [2.24, 2.45) is 0 Å². The normalized spacial score (nSPS) is 17.4. The van der Waals surface area contributed by atoms with Gasteiger partial charge in [-0.1, -0.05) is 11.3 Å². The molecule has 2 saturated heterocycles. The molecule has 0 aliphatic carbocycles. The van der Waals surface area contributed by atoms with Crippen LogP contribution in [-0.2, 0) is 4.74 Å². The molecule has 0 radical (unpaired) electrons. The quantitative estimate of drug-likeness (QED) is 0.332. The Kier molecular flexibility index (Phi) is 6.86. The van der Waals surface area contributed by atoms with Crippen molar-refractivity contribution in [2.45, 2.75) is 18.5 Å². The molecule has 2 atom stereocenters. The van der Waals surface area contributed by atoms with Gasteiger partial charge in [-0.15, -0.1) is 0 Å². The minimum atomic E-state index is -0.705. The van der Waals surface area contributed by atoms with Gasteiger partial charge in [-0.3, -0.25) is 9.59 Å². The number of rotatable bonds is 7. The minimum absolute atomic E-state index is 0.0394. The highest BCUT2D eigenvalue weighted by molar-refractivity contribution is 7.22. The monoisotopic (exact) mass is 574 g/mol. The molecule has 2 aliphatic heterocycles. The van der Waals surface area contributed by atoms with Crippen molar-refractivity contribution in [1.29, 1.82) is 5.26 Å². The van der Waals surface area contributed by atoms with Crippen LogP contribution in [0.4, 0.5) is 20.9 Å². The van der Waals surface area contributed by atoms with Crippen LogP contribution in [0.3, 0.4) is 0 Å². The third-order valence-electron chi connectivity index (χ3n) is 7.05. The maximum atomic E-state index is 13.8. The first-order chi connectivity index (χ1) is 19.9.